The van der Waals surface area contributed by atoms with E-state index in [1.54, 1.807) is 3.97 Å². The Labute approximate surface area is 233 Å². The summed E-state index contributed by atoms with van der Waals surface area (Å²) in [4.78, 5) is 26.7. The second kappa shape index (κ2) is 12.1. The van der Waals surface area contributed by atoms with Crippen LogP contribution in [0.3, 0.4) is 0 Å². The van der Waals surface area contributed by atoms with E-state index in [0.717, 1.165) is 67.6 Å². The number of piperidine rings is 1. The first-order chi connectivity index (χ1) is 18.8. The molecule has 1 aromatic heterocycles. The fourth-order valence-corrected chi connectivity index (χ4v) is 7.81. The van der Waals surface area contributed by atoms with Gasteiger partial charge in [0.15, 0.2) is 0 Å². The monoisotopic (exact) mass is 585 g/mol. The molecule has 0 unspecified atom stereocenters. The number of aliphatic carboxylic acids is 1. The fraction of sp³-hybridized carbons (Fsp3) is 0.643. The molecule has 12 heteroatoms. The Morgan fingerprint density at radius 3 is 2.25 bits per heavy atom. The number of carboxylic acids is 1. The van der Waals surface area contributed by atoms with E-state index < -0.39 is 22.2 Å². The Balaban J connectivity index is 0.000000470. The van der Waals surface area contributed by atoms with Crippen LogP contribution in [0.4, 0.5) is 13.2 Å². The van der Waals surface area contributed by atoms with E-state index in [4.69, 9.17) is 9.90 Å². The van der Waals surface area contributed by atoms with Gasteiger partial charge in [-0.1, -0.05) is 26.7 Å². The van der Waals surface area contributed by atoms with Gasteiger partial charge in [0.05, 0.1) is 11.3 Å². The molecule has 1 saturated heterocycles. The molecule has 0 spiro atoms. The normalized spacial score (nSPS) is 19.4. The lowest BCUT2D eigenvalue weighted by molar-refractivity contribution is -0.192. The Kier molecular flexibility index (Phi) is 9.18. The second-order valence-electron chi connectivity index (χ2n) is 11.2. The van der Waals surface area contributed by atoms with Gasteiger partial charge in [0.1, 0.15) is 0 Å². The molecular weight excluding hydrogens is 547 g/mol. The van der Waals surface area contributed by atoms with E-state index in [0.29, 0.717) is 23.9 Å². The van der Waals surface area contributed by atoms with Crippen LogP contribution in [0.25, 0.3) is 10.9 Å². The number of halogens is 3. The third-order valence-corrected chi connectivity index (χ3v) is 10.2. The van der Waals surface area contributed by atoms with Crippen molar-refractivity contribution in [2.45, 2.75) is 84.0 Å². The van der Waals surface area contributed by atoms with E-state index in [2.05, 4.69) is 11.8 Å². The highest BCUT2D eigenvalue weighted by atomic mass is 32.2. The number of nitrogens with zero attached hydrogens (tertiary/aromatic N) is 3. The number of carbonyl (C=O) groups excluding carboxylic acids is 1. The number of benzene rings is 1. The first-order valence-electron chi connectivity index (χ1n) is 14.1. The number of fused-ring (bicyclic) bond motifs is 3. The first-order valence-corrected chi connectivity index (χ1v) is 15.7. The van der Waals surface area contributed by atoms with Crippen molar-refractivity contribution in [1.82, 2.24) is 13.8 Å². The maximum absolute atomic E-state index is 13.3. The van der Waals surface area contributed by atoms with Gasteiger partial charge in [0.25, 0.3) is 5.91 Å². The molecule has 5 rings (SSSR count). The molecule has 3 aliphatic rings. The fourth-order valence-electron chi connectivity index (χ4n) is 6.11. The molecule has 0 radical (unpaired) electrons. The number of hydrogen-bond donors (Lipinski definition) is 1. The summed E-state index contributed by atoms with van der Waals surface area (Å²) < 4.78 is 59.9. The molecule has 1 saturated carbocycles. The predicted molar refractivity (Wildman–Crippen MR) is 146 cm³/mol. The average Bonchev–Trinajstić information content (AvgIpc) is 3.55. The van der Waals surface area contributed by atoms with Gasteiger partial charge in [-0.25, -0.2) is 17.2 Å². The molecule has 1 aromatic carbocycles. The number of hydrogen-bond acceptors (Lipinski definition) is 5. The van der Waals surface area contributed by atoms with Gasteiger partial charge in [-0.2, -0.15) is 13.2 Å². The predicted octanol–water partition coefficient (Wildman–Crippen LogP) is 5.04. The SMILES string of the molecule is CCCS(=O)(=O)n1c2c(c3cc(C(=O)N4CCC(C)CC4)ccc31)CN(C1CCCC1)CC2.O=C(O)C(F)(F)F. The van der Waals surface area contributed by atoms with Gasteiger partial charge in [0.2, 0.25) is 10.0 Å². The molecule has 3 heterocycles. The van der Waals surface area contributed by atoms with Gasteiger partial charge in [-0.15, -0.1) is 0 Å². The van der Waals surface area contributed by atoms with E-state index >= 15 is 0 Å². The van der Waals surface area contributed by atoms with Crippen molar-refractivity contribution in [2.75, 3.05) is 25.4 Å². The molecule has 2 fully saturated rings. The van der Waals surface area contributed by atoms with Gasteiger partial charge < -0.3 is 10.0 Å². The molecule has 2 aliphatic heterocycles. The van der Waals surface area contributed by atoms with Crippen LogP contribution in [0, 0.1) is 5.92 Å². The Morgan fingerprint density at radius 2 is 1.68 bits per heavy atom. The maximum Gasteiger partial charge on any atom is 0.490 e. The van der Waals surface area contributed by atoms with Crippen LogP contribution in [0.1, 0.15) is 80.4 Å². The topological polar surface area (TPSA) is 99.9 Å². The van der Waals surface area contributed by atoms with Crippen molar-refractivity contribution in [2.24, 2.45) is 5.92 Å². The molecule has 222 valence electrons. The van der Waals surface area contributed by atoms with Gasteiger partial charge in [-0.3, -0.25) is 9.69 Å². The smallest absolute Gasteiger partial charge is 0.475 e. The third-order valence-electron chi connectivity index (χ3n) is 8.27. The van der Waals surface area contributed by atoms with E-state index in [9.17, 15) is 26.4 Å². The van der Waals surface area contributed by atoms with Crippen LogP contribution in [-0.2, 0) is 27.8 Å². The van der Waals surface area contributed by atoms with Gasteiger partial charge >= 0.3 is 12.1 Å². The molecule has 0 bridgehead atoms. The molecule has 1 amide bonds. The Morgan fingerprint density at radius 1 is 1.05 bits per heavy atom. The molecular formula is C28H38F3N3O5S. The molecule has 1 N–H and O–H groups in total. The number of rotatable bonds is 5. The summed E-state index contributed by atoms with van der Waals surface area (Å²) in [6.45, 7) is 7.45. The Hall–Kier alpha value is -2.60. The third kappa shape index (κ3) is 6.48. The zero-order valence-corrected chi connectivity index (χ0v) is 23.9. The summed E-state index contributed by atoms with van der Waals surface area (Å²) in [7, 11) is -3.43. The number of likely N-dealkylation sites (tertiary alicyclic amines) is 1. The molecule has 1 aliphatic carbocycles. The van der Waals surface area contributed by atoms with E-state index in [-0.39, 0.29) is 11.7 Å². The highest BCUT2D eigenvalue weighted by Crippen LogP contribution is 2.36. The minimum Gasteiger partial charge on any atom is -0.475 e. The zero-order chi connectivity index (χ0) is 29.2. The highest BCUT2D eigenvalue weighted by Gasteiger charge is 2.38. The minimum atomic E-state index is -5.08. The van der Waals surface area contributed by atoms with Crippen molar-refractivity contribution < 1.29 is 36.3 Å². The molecule has 40 heavy (non-hydrogen) atoms. The molecule has 2 aromatic rings. The van der Waals surface area contributed by atoms with Crippen molar-refractivity contribution >= 4 is 32.8 Å². The summed E-state index contributed by atoms with van der Waals surface area (Å²) in [5, 5.41) is 8.07. The lowest BCUT2D eigenvalue weighted by atomic mass is 9.98. The van der Waals surface area contributed by atoms with E-state index in [1.165, 1.54) is 25.7 Å². The average molecular weight is 586 g/mol. The summed E-state index contributed by atoms with van der Waals surface area (Å²) in [5.74, 6) is -1.87. The lowest BCUT2D eigenvalue weighted by Crippen LogP contribution is -2.38. The molecule has 8 nitrogen and oxygen atoms in total. The van der Waals surface area contributed by atoms with Crippen LogP contribution in [0.2, 0.25) is 0 Å². The van der Waals surface area contributed by atoms with Crippen LogP contribution < -0.4 is 0 Å². The van der Waals surface area contributed by atoms with Crippen molar-refractivity contribution in [3.63, 3.8) is 0 Å². The van der Waals surface area contributed by atoms with Crippen LogP contribution in [-0.4, -0.2) is 76.8 Å². The first kappa shape index (κ1) is 30.4. The summed E-state index contributed by atoms with van der Waals surface area (Å²) in [6, 6.07) is 6.29. The standard InChI is InChI=1S/C26H37N3O3S.C2HF3O2/c1-3-16-33(31,32)29-24-9-8-20(26(30)27-13-10-19(2)11-14-27)17-22(24)23-18-28(15-12-25(23)29)21-6-4-5-7-21;3-2(4,5)1(6)7/h8-9,17,19,21H,3-7,10-16,18H2,1-2H3;(H,6,7). The minimum absolute atomic E-state index is 0.0742. The van der Waals surface area contributed by atoms with Crippen LogP contribution in [0.5, 0.6) is 0 Å². The van der Waals surface area contributed by atoms with Gasteiger partial charge in [0, 0.05) is 55.3 Å². The molecule has 0 atom stereocenters. The van der Waals surface area contributed by atoms with Crippen molar-refractivity contribution in [3.8, 4) is 0 Å². The largest absolute Gasteiger partial charge is 0.490 e. The number of carboxylic acid groups (broad SMARTS) is 1. The van der Waals surface area contributed by atoms with Gasteiger partial charge in [-0.05, 0) is 61.8 Å². The number of alkyl halides is 3. The zero-order valence-electron chi connectivity index (χ0n) is 23.0. The summed E-state index contributed by atoms with van der Waals surface area (Å²) in [6.07, 6.45) is 3.39. The van der Waals surface area contributed by atoms with Crippen molar-refractivity contribution in [3.05, 3.63) is 35.0 Å². The maximum atomic E-state index is 13.3. The highest BCUT2D eigenvalue weighted by molar-refractivity contribution is 7.90. The number of carbonyl (C=O) groups is 2. The number of aromatic nitrogens is 1. The quantitative estimate of drug-likeness (QED) is 0.528. The Bertz CT molecular complexity index is 1340. The van der Waals surface area contributed by atoms with Crippen LogP contribution >= 0.6 is 0 Å². The van der Waals surface area contributed by atoms with Crippen molar-refractivity contribution in [1.29, 1.82) is 0 Å². The summed E-state index contributed by atoms with van der Waals surface area (Å²) >= 11 is 0. The lowest BCUT2D eigenvalue weighted by Gasteiger charge is -2.33. The van der Waals surface area contributed by atoms with Crippen LogP contribution in [0.15, 0.2) is 18.2 Å². The summed E-state index contributed by atoms with van der Waals surface area (Å²) in [5.41, 5.74) is 3.47. The van der Waals surface area contributed by atoms with E-state index in [1.807, 2.05) is 30.0 Å². The second-order valence-corrected chi connectivity index (χ2v) is 13.1. The number of amides is 1.